The van der Waals surface area contributed by atoms with Crippen molar-refractivity contribution in [1.29, 1.82) is 0 Å². The molecule has 0 aromatic rings. The van der Waals surface area contributed by atoms with Crippen LogP contribution in [0.3, 0.4) is 0 Å². The van der Waals surface area contributed by atoms with Gasteiger partial charge in [-0.3, -0.25) is 4.79 Å². The Balaban J connectivity index is 1.75. The number of fused-ring (bicyclic) bond motifs is 1. The number of hydrogen-bond acceptors (Lipinski definition) is 5. The van der Waals surface area contributed by atoms with Crippen LogP contribution in [0, 0.1) is 11.8 Å². The second kappa shape index (κ2) is 9.86. The van der Waals surface area contributed by atoms with E-state index < -0.39 is 0 Å². The minimum atomic E-state index is -0.221. The molecule has 4 unspecified atom stereocenters. The van der Waals surface area contributed by atoms with Crippen molar-refractivity contribution in [3.8, 4) is 0 Å². The lowest BCUT2D eigenvalue weighted by atomic mass is 9.72. The summed E-state index contributed by atoms with van der Waals surface area (Å²) in [5.41, 5.74) is 0. The third kappa shape index (κ3) is 4.93. The van der Waals surface area contributed by atoms with E-state index in [4.69, 9.17) is 4.74 Å². The van der Waals surface area contributed by atoms with Crippen LogP contribution in [0.2, 0.25) is 0 Å². The molecule has 0 aromatic heterocycles. The predicted molar refractivity (Wildman–Crippen MR) is 118 cm³/mol. The number of carbonyl (C=O) groups excluding carboxylic acids is 2. The maximum atomic E-state index is 12.9. The highest BCUT2D eigenvalue weighted by Crippen LogP contribution is 2.40. The number of hydrogen-bond donors (Lipinski definition) is 1. The second-order valence-electron chi connectivity index (χ2n) is 9.99. The third-order valence-electron chi connectivity index (χ3n) is 7.55. The van der Waals surface area contributed by atoms with E-state index in [-0.39, 0.29) is 36.2 Å². The molecular weight excluding hydrogens is 380 g/mol. The van der Waals surface area contributed by atoms with E-state index in [2.05, 4.69) is 31.1 Å². The fraction of sp³-hybridized carbons (Fsp3) is 0.913. The number of amides is 2. The van der Waals surface area contributed by atoms with Crippen molar-refractivity contribution in [2.24, 2.45) is 11.8 Å². The molecule has 3 rings (SSSR count). The number of nitrogens with zero attached hydrogens (tertiary/aromatic N) is 3. The summed E-state index contributed by atoms with van der Waals surface area (Å²) >= 11 is 0. The topological polar surface area (TPSA) is 65.1 Å². The molecule has 2 saturated heterocycles. The fourth-order valence-corrected chi connectivity index (χ4v) is 5.82. The zero-order valence-corrected chi connectivity index (χ0v) is 19.8. The molecule has 5 atom stereocenters. The van der Waals surface area contributed by atoms with Crippen LogP contribution in [0.15, 0.2) is 0 Å². The number of likely N-dealkylation sites (N-methyl/N-ethyl adjacent to an activating group) is 1. The molecule has 3 fully saturated rings. The predicted octanol–water partition coefficient (Wildman–Crippen LogP) is 2.55. The van der Waals surface area contributed by atoms with Gasteiger partial charge in [-0.15, -0.1) is 0 Å². The first-order chi connectivity index (χ1) is 14.2. The van der Waals surface area contributed by atoms with E-state index in [0.29, 0.717) is 24.4 Å². The minimum absolute atomic E-state index is 0.0271. The smallest absolute Gasteiger partial charge is 0.410 e. The molecule has 1 N–H and O–H groups in total. The summed E-state index contributed by atoms with van der Waals surface area (Å²) in [6.07, 6.45) is 3.85. The molecule has 2 amide bonds. The first-order valence-electron chi connectivity index (χ1n) is 11.9. The molecule has 1 saturated carbocycles. The molecule has 0 bridgehead atoms. The molecule has 0 radical (unpaired) electrons. The van der Waals surface area contributed by atoms with Crippen LogP contribution < -0.4 is 5.32 Å². The third-order valence-corrected chi connectivity index (χ3v) is 7.55. The van der Waals surface area contributed by atoms with Crippen LogP contribution in [0.1, 0.15) is 60.3 Å². The molecule has 0 aromatic carbocycles. The highest BCUT2D eigenvalue weighted by atomic mass is 16.6. The van der Waals surface area contributed by atoms with Gasteiger partial charge in [0.25, 0.3) is 0 Å². The van der Waals surface area contributed by atoms with E-state index >= 15 is 0 Å². The van der Waals surface area contributed by atoms with Crippen molar-refractivity contribution < 1.29 is 14.3 Å². The molecule has 1 aliphatic carbocycles. The summed E-state index contributed by atoms with van der Waals surface area (Å²) in [6, 6.07) is 0.837. The van der Waals surface area contributed by atoms with Gasteiger partial charge in [0.15, 0.2) is 0 Å². The monoisotopic (exact) mass is 422 g/mol. The quantitative estimate of drug-likeness (QED) is 0.713. The zero-order valence-electron chi connectivity index (χ0n) is 19.8. The summed E-state index contributed by atoms with van der Waals surface area (Å²) in [5.74, 6) is 1.31. The molecule has 7 heteroatoms. The van der Waals surface area contributed by atoms with Crippen LogP contribution in [0.5, 0.6) is 0 Å². The summed E-state index contributed by atoms with van der Waals surface area (Å²) in [6.45, 7) is 13.6. The lowest BCUT2D eigenvalue weighted by Crippen LogP contribution is -2.67. The van der Waals surface area contributed by atoms with Crippen molar-refractivity contribution in [2.45, 2.75) is 90.6 Å². The standard InChI is InChI=1S/C23H42N4O3/c1-7-18(14-25(6)20-11-24-12-20)19-8-9-21-22(10-19)26(23(29)30-15(2)3)13-16(4)27(21)17(5)28/h15-16,18-22,24H,7-14H2,1-6H3/t16-,18?,19?,21?,22?/m0/s1. The summed E-state index contributed by atoms with van der Waals surface area (Å²) < 4.78 is 5.59. The van der Waals surface area contributed by atoms with Crippen molar-refractivity contribution in [3.05, 3.63) is 0 Å². The van der Waals surface area contributed by atoms with Crippen LogP contribution in [-0.4, -0.2) is 90.2 Å². The normalized spacial score (nSPS) is 30.8. The summed E-state index contributed by atoms with van der Waals surface area (Å²) in [5, 5.41) is 3.37. The highest BCUT2D eigenvalue weighted by molar-refractivity contribution is 5.75. The van der Waals surface area contributed by atoms with E-state index in [0.717, 1.165) is 45.3 Å². The largest absolute Gasteiger partial charge is 0.447 e. The van der Waals surface area contributed by atoms with Gasteiger partial charge in [0, 0.05) is 45.2 Å². The Labute approximate surface area is 182 Å². The van der Waals surface area contributed by atoms with Crippen molar-refractivity contribution in [2.75, 3.05) is 33.2 Å². The van der Waals surface area contributed by atoms with Gasteiger partial charge in [-0.2, -0.15) is 0 Å². The van der Waals surface area contributed by atoms with Crippen LogP contribution in [0.4, 0.5) is 4.79 Å². The van der Waals surface area contributed by atoms with Crippen LogP contribution in [0.25, 0.3) is 0 Å². The van der Waals surface area contributed by atoms with Gasteiger partial charge in [0.2, 0.25) is 5.91 Å². The average Bonchev–Trinajstić information content (AvgIpc) is 2.62. The molecule has 172 valence electrons. The molecule has 30 heavy (non-hydrogen) atoms. The highest BCUT2D eigenvalue weighted by Gasteiger charge is 2.47. The van der Waals surface area contributed by atoms with Gasteiger partial charge >= 0.3 is 6.09 Å². The Bertz CT molecular complexity index is 609. The maximum absolute atomic E-state index is 12.9. The molecule has 7 nitrogen and oxygen atoms in total. The van der Waals surface area contributed by atoms with E-state index in [1.165, 1.54) is 0 Å². The first-order valence-corrected chi connectivity index (χ1v) is 11.9. The Morgan fingerprint density at radius 1 is 1.20 bits per heavy atom. The van der Waals surface area contributed by atoms with Crippen LogP contribution >= 0.6 is 0 Å². The van der Waals surface area contributed by atoms with Gasteiger partial charge in [0.05, 0.1) is 18.2 Å². The van der Waals surface area contributed by atoms with Gasteiger partial charge in [0.1, 0.15) is 0 Å². The van der Waals surface area contributed by atoms with Gasteiger partial charge in [-0.1, -0.05) is 13.3 Å². The number of nitrogens with one attached hydrogen (secondary N) is 1. The van der Waals surface area contributed by atoms with Crippen molar-refractivity contribution >= 4 is 12.0 Å². The SMILES string of the molecule is CCC(CN(C)C1CNC1)C1CCC2C(C1)N(C(=O)OC(C)C)C[C@H](C)N2C(C)=O. The Kier molecular flexibility index (Phi) is 7.66. The van der Waals surface area contributed by atoms with E-state index in [1.807, 2.05) is 23.6 Å². The van der Waals surface area contributed by atoms with Gasteiger partial charge in [-0.25, -0.2) is 4.79 Å². The maximum Gasteiger partial charge on any atom is 0.410 e. The second-order valence-corrected chi connectivity index (χ2v) is 9.99. The average molecular weight is 423 g/mol. The van der Waals surface area contributed by atoms with E-state index in [9.17, 15) is 9.59 Å². The first kappa shape index (κ1) is 23.3. The minimum Gasteiger partial charge on any atom is -0.447 e. The lowest BCUT2D eigenvalue weighted by Gasteiger charge is -2.54. The molecule has 2 aliphatic heterocycles. The fourth-order valence-electron chi connectivity index (χ4n) is 5.82. The summed E-state index contributed by atoms with van der Waals surface area (Å²) in [7, 11) is 2.24. The number of ether oxygens (including phenoxy) is 1. The van der Waals surface area contributed by atoms with Crippen molar-refractivity contribution in [3.63, 3.8) is 0 Å². The number of piperazine rings is 1. The molecule has 3 aliphatic rings. The molecular formula is C23H42N4O3. The Morgan fingerprint density at radius 2 is 1.90 bits per heavy atom. The van der Waals surface area contributed by atoms with E-state index in [1.54, 1.807) is 6.92 Å². The lowest BCUT2D eigenvalue weighted by molar-refractivity contribution is -0.142. The Morgan fingerprint density at radius 3 is 2.43 bits per heavy atom. The molecule has 0 spiro atoms. The van der Waals surface area contributed by atoms with Gasteiger partial charge in [-0.05, 0) is 58.9 Å². The van der Waals surface area contributed by atoms with Crippen LogP contribution in [-0.2, 0) is 9.53 Å². The van der Waals surface area contributed by atoms with Crippen molar-refractivity contribution in [1.82, 2.24) is 20.0 Å². The number of carbonyl (C=O) groups is 2. The van der Waals surface area contributed by atoms with Gasteiger partial charge < -0.3 is 24.8 Å². The zero-order chi connectivity index (χ0) is 22.0. The number of rotatable bonds is 6. The molecule has 2 heterocycles. The Hall–Kier alpha value is -1.34. The summed E-state index contributed by atoms with van der Waals surface area (Å²) in [4.78, 5) is 31.8.